The Bertz CT molecular complexity index is 1040. The summed E-state index contributed by atoms with van der Waals surface area (Å²) in [6.07, 6.45) is 7.91. The van der Waals surface area contributed by atoms with Crippen LogP contribution >= 0.6 is 12.2 Å². The van der Waals surface area contributed by atoms with Crippen LogP contribution in [0.2, 0.25) is 0 Å². The van der Waals surface area contributed by atoms with Crippen LogP contribution < -0.4 is 9.30 Å². The molecule has 1 saturated carbocycles. The van der Waals surface area contributed by atoms with Gasteiger partial charge in [0.25, 0.3) is 0 Å². The second-order valence-electron chi connectivity index (χ2n) is 7.45. The van der Waals surface area contributed by atoms with Gasteiger partial charge in [-0.1, -0.05) is 0 Å². The molecule has 0 spiro atoms. The summed E-state index contributed by atoms with van der Waals surface area (Å²) >= 11 is 5.74. The van der Waals surface area contributed by atoms with E-state index in [0.717, 1.165) is 23.7 Å². The molecule has 3 aromatic rings. The Hall–Kier alpha value is -2.20. The van der Waals surface area contributed by atoms with Crippen molar-refractivity contribution >= 4 is 37.5 Å². The van der Waals surface area contributed by atoms with E-state index in [1.54, 1.807) is 4.73 Å². The quantitative estimate of drug-likeness (QED) is 0.216. The third-order valence-corrected chi connectivity index (χ3v) is 7.92. The van der Waals surface area contributed by atoms with E-state index in [2.05, 4.69) is 54.6 Å². The van der Waals surface area contributed by atoms with E-state index in [1.807, 2.05) is 24.4 Å². The van der Waals surface area contributed by atoms with E-state index in [0.29, 0.717) is 16.6 Å². The molecule has 1 fully saturated rings. The second-order valence-corrected chi connectivity index (χ2v) is 10.0. The van der Waals surface area contributed by atoms with E-state index in [4.69, 9.17) is 22.0 Å². The summed E-state index contributed by atoms with van der Waals surface area (Å²) in [5, 5.41) is 1.05. The maximum atomic E-state index is 6.30. The minimum atomic E-state index is 0.285. The van der Waals surface area contributed by atoms with Crippen LogP contribution in [0.5, 0.6) is 0 Å². The molecular formula is C25H26N2OSSe. The third-order valence-electron chi connectivity index (χ3n) is 5.20. The van der Waals surface area contributed by atoms with Crippen molar-refractivity contribution in [3.63, 3.8) is 0 Å². The van der Waals surface area contributed by atoms with Gasteiger partial charge in [0, 0.05) is 0 Å². The molecule has 4 rings (SSSR count). The van der Waals surface area contributed by atoms with Crippen LogP contribution in [0.15, 0.2) is 84.0 Å². The number of nitrogens with zero attached hydrogens (tertiary/aromatic N) is 2. The predicted octanol–water partition coefficient (Wildman–Crippen LogP) is 4.96. The third kappa shape index (κ3) is 5.69. The fourth-order valence-corrected chi connectivity index (χ4v) is 5.88. The van der Waals surface area contributed by atoms with Crippen LogP contribution in [0, 0.1) is 4.64 Å². The van der Waals surface area contributed by atoms with E-state index in [1.165, 1.54) is 29.3 Å². The van der Waals surface area contributed by atoms with Gasteiger partial charge >= 0.3 is 190 Å². The average molecular weight is 482 g/mol. The molecule has 2 aromatic carbocycles. The molecule has 5 heteroatoms. The molecule has 0 atom stereocenters. The number of aliphatic imine (C=N–C) groups is 1. The first kappa shape index (κ1) is 21.0. The Morgan fingerprint density at radius 3 is 2.47 bits per heavy atom. The van der Waals surface area contributed by atoms with Gasteiger partial charge in [0.15, 0.2) is 0 Å². The van der Waals surface area contributed by atoms with Crippen molar-refractivity contribution in [2.24, 2.45) is 4.99 Å². The van der Waals surface area contributed by atoms with E-state index in [9.17, 15) is 0 Å². The standard InChI is InChI=1S/C25H26N2OSSe/c29-24-17-9-10-18-27(24)28-25(26-21-13-5-2-6-14-21)22-15-7-8-16-23(22)30-19-20-11-3-1-4-12-20/h1,3-4,7-12,15-18,21H,2,5-6,13-14,19H2. The molecule has 0 unspecified atom stereocenters. The summed E-state index contributed by atoms with van der Waals surface area (Å²) in [6, 6.07) is 25.2. The van der Waals surface area contributed by atoms with E-state index < -0.39 is 0 Å². The van der Waals surface area contributed by atoms with Gasteiger partial charge in [-0.15, -0.1) is 0 Å². The van der Waals surface area contributed by atoms with E-state index in [-0.39, 0.29) is 15.0 Å². The Morgan fingerprint density at radius 2 is 1.67 bits per heavy atom. The number of hydrogen-bond donors (Lipinski definition) is 0. The van der Waals surface area contributed by atoms with Crippen LogP contribution in [-0.4, -0.2) is 31.6 Å². The molecule has 3 nitrogen and oxygen atoms in total. The zero-order valence-electron chi connectivity index (χ0n) is 16.9. The van der Waals surface area contributed by atoms with Crippen molar-refractivity contribution in [3.8, 4) is 0 Å². The zero-order valence-corrected chi connectivity index (χ0v) is 19.5. The van der Waals surface area contributed by atoms with Gasteiger partial charge in [-0.25, -0.2) is 0 Å². The first-order valence-corrected chi connectivity index (χ1v) is 13.0. The van der Waals surface area contributed by atoms with Gasteiger partial charge < -0.3 is 0 Å². The predicted molar refractivity (Wildman–Crippen MR) is 127 cm³/mol. The van der Waals surface area contributed by atoms with Crippen molar-refractivity contribution in [2.75, 3.05) is 0 Å². The Labute approximate surface area is 189 Å². The van der Waals surface area contributed by atoms with Crippen LogP contribution in [0.1, 0.15) is 43.2 Å². The van der Waals surface area contributed by atoms with Crippen molar-refractivity contribution in [1.29, 1.82) is 0 Å². The fraction of sp³-hybridized carbons (Fsp3) is 0.280. The van der Waals surface area contributed by atoms with Gasteiger partial charge in [0.2, 0.25) is 0 Å². The second kappa shape index (κ2) is 10.7. The molecule has 1 heterocycles. The van der Waals surface area contributed by atoms with Crippen LogP contribution in [0.25, 0.3) is 0 Å². The van der Waals surface area contributed by atoms with Gasteiger partial charge in [-0.05, 0) is 0 Å². The normalized spacial score (nSPS) is 15.1. The fourth-order valence-electron chi connectivity index (χ4n) is 3.60. The number of aromatic nitrogens is 1. The summed E-state index contributed by atoms with van der Waals surface area (Å²) in [7, 11) is 0. The molecule has 1 aliphatic carbocycles. The molecule has 30 heavy (non-hydrogen) atoms. The van der Waals surface area contributed by atoms with Crippen molar-refractivity contribution < 1.29 is 4.84 Å². The number of hydrogen-bond acceptors (Lipinski definition) is 3. The molecule has 0 amide bonds. The monoisotopic (exact) mass is 482 g/mol. The van der Waals surface area contributed by atoms with Gasteiger partial charge in [-0.2, -0.15) is 0 Å². The molecule has 1 aromatic heterocycles. The SMILES string of the molecule is S=c1ccccn1OC(=NC1CCCCC1)c1ccccc1[Se]Cc1ccccc1. The van der Waals surface area contributed by atoms with Crippen molar-refractivity contribution in [2.45, 2.75) is 43.5 Å². The van der Waals surface area contributed by atoms with Gasteiger partial charge in [0.1, 0.15) is 0 Å². The molecule has 0 saturated heterocycles. The minimum absolute atomic E-state index is 0.285. The van der Waals surface area contributed by atoms with Crippen LogP contribution in [0.3, 0.4) is 0 Å². The summed E-state index contributed by atoms with van der Waals surface area (Å²) in [6.45, 7) is 0. The van der Waals surface area contributed by atoms with Crippen LogP contribution in [-0.2, 0) is 5.32 Å². The molecule has 0 radical (unpaired) electrons. The first-order valence-electron chi connectivity index (χ1n) is 10.5. The average Bonchev–Trinajstić information content (AvgIpc) is 2.80. The Kier molecular flexibility index (Phi) is 7.52. The summed E-state index contributed by atoms with van der Waals surface area (Å²) < 4.78 is 3.60. The zero-order chi connectivity index (χ0) is 20.6. The molecule has 1 aliphatic rings. The summed E-state index contributed by atoms with van der Waals surface area (Å²) in [5.74, 6) is 0.690. The van der Waals surface area contributed by atoms with Crippen LogP contribution in [0.4, 0.5) is 0 Å². The van der Waals surface area contributed by atoms with Crippen molar-refractivity contribution in [3.05, 3.63) is 94.8 Å². The van der Waals surface area contributed by atoms with Gasteiger partial charge in [-0.3, -0.25) is 0 Å². The first-order chi connectivity index (χ1) is 14.8. The van der Waals surface area contributed by atoms with Crippen molar-refractivity contribution in [1.82, 2.24) is 4.73 Å². The molecule has 0 bridgehead atoms. The van der Waals surface area contributed by atoms with E-state index >= 15 is 0 Å². The maximum absolute atomic E-state index is 6.30. The molecule has 0 aliphatic heterocycles. The summed E-state index contributed by atoms with van der Waals surface area (Å²) in [4.78, 5) is 11.4. The molecule has 154 valence electrons. The number of pyridine rings is 1. The number of rotatable bonds is 6. The molecule has 0 N–H and O–H groups in total. The topological polar surface area (TPSA) is 26.5 Å². The number of benzene rings is 2. The van der Waals surface area contributed by atoms with Gasteiger partial charge in [0.05, 0.1) is 0 Å². The summed E-state index contributed by atoms with van der Waals surface area (Å²) in [5.41, 5.74) is 2.45. The Morgan fingerprint density at radius 1 is 0.933 bits per heavy atom. The Balaban J connectivity index is 1.65. The molecular weight excluding hydrogens is 455 g/mol.